The Morgan fingerprint density at radius 2 is 2.06 bits per heavy atom. The Bertz CT molecular complexity index is 331. The fourth-order valence-corrected chi connectivity index (χ4v) is 2.15. The normalized spacial score (nSPS) is 13.8. The molecule has 1 unspecified atom stereocenters. The average molecular weight is 285 g/mol. The van der Waals surface area contributed by atoms with Crippen molar-refractivity contribution in [3.8, 4) is 0 Å². The highest BCUT2D eigenvalue weighted by molar-refractivity contribution is 9.10. The zero-order chi connectivity index (χ0) is 12.2. The zero-order valence-corrected chi connectivity index (χ0v) is 12.1. The molecular weight excluding hydrogens is 264 g/mol. The van der Waals surface area contributed by atoms with Gasteiger partial charge in [0.15, 0.2) is 0 Å². The largest absolute Gasteiger partial charge is 0.313 e. The van der Waals surface area contributed by atoms with Crippen LogP contribution in [0.5, 0.6) is 0 Å². The lowest BCUT2D eigenvalue weighted by atomic mass is 9.83. The van der Waals surface area contributed by atoms with Gasteiger partial charge in [0.2, 0.25) is 0 Å². The first-order valence-corrected chi connectivity index (χ1v) is 6.55. The highest BCUT2D eigenvalue weighted by atomic mass is 79.9. The summed E-state index contributed by atoms with van der Waals surface area (Å²) in [4.78, 5) is 4.20. The molecule has 0 radical (unpaired) electrons. The number of hydrogen-bond donors (Lipinski definition) is 1. The van der Waals surface area contributed by atoms with Crippen molar-refractivity contribution in [2.45, 2.75) is 40.2 Å². The summed E-state index contributed by atoms with van der Waals surface area (Å²) in [6.45, 7) is 9.96. The van der Waals surface area contributed by atoms with Gasteiger partial charge in [-0.2, -0.15) is 0 Å². The van der Waals surface area contributed by atoms with E-state index >= 15 is 0 Å². The van der Waals surface area contributed by atoms with Crippen molar-refractivity contribution < 1.29 is 0 Å². The molecule has 0 amide bonds. The highest BCUT2D eigenvalue weighted by Crippen LogP contribution is 2.23. The second-order valence-electron chi connectivity index (χ2n) is 5.19. The van der Waals surface area contributed by atoms with E-state index in [2.05, 4.69) is 60.0 Å². The van der Waals surface area contributed by atoms with Crippen LogP contribution in [0.3, 0.4) is 0 Å². The topological polar surface area (TPSA) is 24.9 Å². The molecule has 0 fully saturated rings. The van der Waals surface area contributed by atoms with Crippen LogP contribution in [0, 0.1) is 5.41 Å². The number of rotatable bonds is 4. The van der Waals surface area contributed by atoms with Gasteiger partial charge in [-0.1, -0.05) is 27.7 Å². The van der Waals surface area contributed by atoms with Gasteiger partial charge in [0.05, 0.1) is 0 Å². The van der Waals surface area contributed by atoms with Crippen LogP contribution in [0.15, 0.2) is 22.9 Å². The first kappa shape index (κ1) is 13.7. The van der Waals surface area contributed by atoms with Gasteiger partial charge in [-0.25, -0.2) is 0 Å². The molecule has 1 heterocycles. The maximum atomic E-state index is 4.20. The van der Waals surface area contributed by atoms with Crippen molar-refractivity contribution in [3.63, 3.8) is 0 Å². The fourth-order valence-electron chi connectivity index (χ4n) is 1.73. The molecule has 0 spiro atoms. The van der Waals surface area contributed by atoms with Gasteiger partial charge in [0.1, 0.15) is 0 Å². The SMILES string of the molecule is CCNC(Cc1cncc(Br)c1)C(C)(C)C. The molecule has 3 heteroatoms. The highest BCUT2D eigenvalue weighted by Gasteiger charge is 2.23. The Labute approximate surface area is 107 Å². The van der Waals surface area contributed by atoms with E-state index in [1.165, 1.54) is 5.56 Å². The summed E-state index contributed by atoms with van der Waals surface area (Å²) in [6, 6.07) is 2.62. The van der Waals surface area contributed by atoms with Gasteiger partial charge in [0.25, 0.3) is 0 Å². The number of nitrogens with zero attached hydrogens (tertiary/aromatic N) is 1. The number of halogens is 1. The Balaban J connectivity index is 2.76. The summed E-state index contributed by atoms with van der Waals surface area (Å²) in [6.07, 6.45) is 4.79. The fraction of sp³-hybridized carbons (Fsp3) is 0.615. The molecule has 2 nitrogen and oxygen atoms in total. The zero-order valence-electron chi connectivity index (χ0n) is 10.5. The molecule has 90 valence electrons. The van der Waals surface area contributed by atoms with Crippen LogP contribution in [-0.2, 0) is 6.42 Å². The van der Waals surface area contributed by atoms with Gasteiger partial charge in [0, 0.05) is 22.9 Å². The first-order valence-electron chi connectivity index (χ1n) is 5.76. The van der Waals surface area contributed by atoms with Gasteiger partial charge in [-0.05, 0) is 45.9 Å². The van der Waals surface area contributed by atoms with Crippen molar-refractivity contribution in [2.24, 2.45) is 5.41 Å². The summed E-state index contributed by atoms with van der Waals surface area (Å²) in [5, 5.41) is 3.55. The smallest absolute Gasteiger partial charge is 0.0410 e. The molecule has 1 aromatic heterocycles. The van der Waals surface area contributed by atoms with E-state index in [4.69, 9.17) is 0 Å². The lowest BCUT2D eigenvalue weighted by Crippen LogP contribution is -2.41. The summed E-state index contributed by atoms with van der Waals surface area (Å²) in [5.74, 6) is 0. The third kappa shape index (κ3) is 4.22. The minimum Gasteiger partial charge on any atom is -0.313 e. The summed E-state index contributed by atoms with van der Waals surface area (Å²) in [5.41, 5.74) is 1.54. The minimum atomic E-state index is 0.262. The Morgan fingerprint density at radius 1 is 1.38 bits per heavy atom. The van der Waals surface area contributed by atoms with Crippen LogP contribution in [0.25, 0.3) is 0 Å². The quantitative estimate of drug-likeness (QED) is 0.917. The van der Waals surface area contributed by atoms with Gasteiger partial charge >= 0.3 is 0 Å². The van der Waals surface area contributed by atoms with E-state index in [9.17, 15) is 0 Å². The lowest BCUT2D eigenvalue weighted by Gasteiger charge is -2.31. The molecule has 1 aromatic rings. The lowest BCUT2D eigenvalue weighted by molar-refractivity contribution is 0.270. The molecule has 0 aliphatic heterocycles. The third-order valence-corrected chi connectivity index (χ3v) is 3.13. The third-order valence-electron chi connectivity index (χ3n) is 2.70. The van der Waals surface area contributed by atoms with Crippen molar-refractivity contribution in [3.05, 3.63) is 28.5 Å². The molecule has 0 saturated carbocycles. The van der Waals surface area contributed by atoms with Crippen molar-refractivity contribution in [1.82, 2.24) is 10.3 Å². The first-order chi connectivity index (χ1) is 7.43. The number of pyridine rings is 1. The van der Waals surface area contributed by atoms with Gasteiger partial charge in [-0.3, -0.25) is 4.98 Å². The Hall–Kier alpha value is -0.410. The van der Waals surface area contributed by atoms with E-state index in [-0.39, 0.29) is 5.41 Å². The second kappa shape index (κ2) is 5.78. The molecule has 1 rings (SSSR count). The number of likely N-dealkylation sites (N-methyl/N-ethyl adjacent to an activating group) is 1. The minimum absolute atomic E-state index is 0.262. The maximum Gasteiger partial charge on any atom is 0.0410 e. The van der Waals surface area contributed by atoms with E-state index in [0.717, 1.165) is 17.4 Å². The summed E-state index contributed by atoms with van der Waals surface area (Å²) in [7, 11) is 0. The van der Waals surface area contributed by atoms with E-state index < -0.39 is 0 Å². The maximum absolute atomic E-state index is 4.20. The predicted octanol–water partition coefficient (Wildman–Crippen LogP) is 3.41. The van der Waals surface area contributed by atoms with Crippen LogP contribution in [0.4, 0.5) is 0 Å². The molecule has 0 saturated heterocycles. The van der Waals surface area contributed by atoms with Gasteiger partial charge < -0.3 is 5.32 Å². The molecule has 0 aromatic carbocycles. The number of hydrogen-bond acceptors (Lipinski definition) is 2. The molecule has 16 heavy (non-hydrogen) atoms. The van der Waals surface area contributed by atoms with Crippen LogP contribution < -0.4 is 5.32 Å². The van der Waals surface area contributed by atoms with E-state index in [1.54, 1.807) is 0 Å². The monoisotopic (exact) mass is 284 g/mol. The molecular formula is C13H21BrN2. The van der Waals surface area contributed by atoms with E-state index in [0.29, 0.717) is 6.04 Å². The van der Waals surface area contributed by atoms with Gasteiger partial charge in [-0.15, -0.1) is 0 Å². The summed E-state index contributed by atoms with van der Waals surface area (Å²) < 4.78 is 1.05. The standard InChI is InChI=1S/C13H21BrN2/c1-5-16-12(13(2,3)4)7-10-6-11(14)9-15-8-10/h6,8-9,12,16H,5,7H2,1-4H3. The number of aromatic nitrogens is 1. The molecule has 0 bridgehead atoms. The Kier molecular flexibility index (Phi) is 4.93. The van der Waals surface area contributed by atoms with Crippen molar-refractivity contribution in [1.29, 1.82) is 0 Å². The summed E-state index contributed by atoms with van der Waals surface area (Å²) >= 11 is 3.46. The van der Waals surface area contributed by atoms with Crippen LogP contribution in [-0.4, -0.2) is 17.6 Å². The molecule has 1 N–H and O–H groups in total. The van der Waals surface area contributed by atoms with Crippen LogP contribution in [0.1, 0.15) is 33.3 Å². The van der Waals surface area contributed by atoms with E-state index in [1.807, 2.05) is 12.4 Å². The number of nitrogens with one attached hydrogen (secondary N) is 1. The van der Waals surface area contributed by atoms with Crippen molar-refractivity contribution in [2.75, 3.05) is 6.54 Å². The second-order valence-corrected chi connectivity index (χ2v) is 6.11. The molecule has 0 aliphatic rings. The Morgan fingerprint density at radius 3 is 2.56 bits per heavy atom. The van der Waals surface area contributed by atoms with Crippen LogP contribution >= 0.6 is 15.9 Å². The van der Waals surface area contributed by atoms with Crippen LogP contribution in [0.2, 0.25) is 0 Å². The molecule has 0 aliphatic carbocycles. The average Bonchev–Trinajstić information content (AvgIpc) is 2.16. The van der Waals surface area contributed by atoms with Crippen molar-refractivity contribution >= 4 is 15.9 Å². The molecule has 1 atom stereocenters. The predicted molar refractivity (Wildman–Crippen MR) is 72.6 cm³/mol.